The molecule has 5 nitrogen and oxygen atoms in total. The summed E-state index contributed by atoms with van der Waals surface area (Å²) in [5.74, 6) is 0.326. The molecule has 0 radical (unpaired) electrons. The smallest absolute Gasteiger partial charge is 0.233 e. The van der Waals surface area contributed by atoms with Crippen LogP contribution < -0.4 is 5.32 Å². The Bertz CT molecular complexity index is 434. The molecule has 0 aliphatic rings. The van der Waals surface area contributed by atoms with Gasteiger partial charge in [-0.3, -0.25) is 14.4 Å². The first kappa shape index (κ1) is 17.2. The summed E-state index contributed by atoms with van der Waals surface area (Å²) in [7, 11) is 0. The maximum absolute atomic E-state index is 11.7. The maximum Gasteiger partial charge on any atom is 0.233 e. The molecule has 1 unspecified atom stereocenters. The monoisotopic (exact) mass is 292 g/mol. The van der Waals surface area contributed by atoms with Crippen LogP contribution in [0.25, 0.3) is 0 Å². The topological polar surface area (TPSA) is 58.6 Å². The normalized spacial score (nSPS) is 12.0. The summed E-state index contributed by atoms with van der Waals surface area (Å²) in [6, 6.07) is 9.27. The lowest BCUT2D eigenvalue weighted by Crippen LogP contribution is -2.37. The zero-order valence-electron chi connectivity index (χ0n) is 12.9. The van der Waals surface area contributed by atoms with E-state index in [1.165, 1.54) is 5.06 Å². The number of amides is 2. The standard InChI is InChI=1S/C16H24N2O3/c1-13(2)10-17-16(20)9-14(3)18(12-19)21-11-15-7-5-4-6-8-15/h4-8,12-14H,9-11H2,1-3H3,(H,17,20). The van der Waals surface area contributed by atoms with Crippen molar-refractivity contribution in [3.05, 3.63) is 35.9 Å². The van der Waals surface area contributed by atoms with Crippen LogP contribution in [0.5, 0.6) is 0 Å². The Morgan fingerprint density at radius 1 is 1.29 bits per heavy atom. The van der Waals surface area contributed by atoms with E-state index in [0.717, 1.165) is 5.56 Å². The van der Waals surface area contributed by atoms with E-state index >= 15 is 0 Å². The highest BCUT2D eigenvalue weighted by Gasteiger charge is 2.17. The number of hydrogen-bond donors (Lipinski definition) is 1. The minimum atomic E-state index is -0.307. The second kappa shape index (κ2) is 9.13. The Morgan fingerprint density at radius 2 is 1.95 bits per heavy atom. The summed E-state index contributed by atoms with van der Waals surface area (Å²) < 4.78 is 0. The highest BCUT2D eigenvalue weighted by molar-refractivity contribution is 5.76. The van der Waals surface area contributed by atoms with Crippen molar-refractivity contribution in [2.24, 2.45) is 5.92 Å². The lowest BCUT2D eigenvalue weighted by atomic mass is 10.2. The van der Waals surface area contributed by atoms with Crippen LogP contribution in [0.1, 0.15) is 32.8 Å². The van der Waals surface area contributed by atoms with E-state index in [0.29, 0.717) is 25.5 Å². The van der Waals surface area contributed by atoms with Crippen molar-refractivity contribution >= 4 is 12.3 Å². The molecule has 2 amide bonds. The molecule has 1 aromatic carbocycles. The first-order valence-electron chi connectivity index (χ1n) is 7.20. The molecule has 1 aromatic rings. The van der Waals surface area contributed by atoms with Crippen molar-refractivity contribution in [2.45, 2.75) is 39.8 Å². The molecular weight excluding hydrogens is 268 g/mol. The third-order valence-corrected chi connectivity index (χ3v) is 2.95. The number of carbonyl (C=O) groups excluding carboxylic acids is 2. The number of benzene rings is 1. The van der Waals surface area contributed by atoms with Crippen molar-refractivity contribution in [1.29, 1.82) is 0 Å². The highest BCUT2D eigenvalue weighted by Crippen LogP contribution is 2.07. The van der Waals surface area contributed by atoms with E-state index in [1.807, 2.05) is 44.2 Å². The second-order valence-corrected chi connectivity index (χ2v) is 5.48. The summed E-state index contributed by atoms with van der Waals surface area (Å²) >= 11 is 0. The fraction of sp³-hybridized carbons (Fsp3) is 0.500. The summed E-state index contributed by atoms with van der Waals surface area (Å²) in [5.41, 5.74) is 0.973. The lowest BCUT2D eigenvalue weighted by Gasteiger charge is -2.23. The van der Waals surface area contributed by atoms with Gasteiger partial charge in [-0.15, -0.1) is 0 Å². The van der Waals surface area contributed by atoms with Crippen molar-refractivity contribution in [3.63, 3.8) is 0 Å². The molecule has 21 heavy (non-hydrogen) atoms. The van der Waals surface area contributed by atoms with Gasteiger partial charge >= 0.3 is 0 Å². The van der Waals surface area contributed by atoms with Crippen LogP contribution in [0.15, 0.2) is 30.3 Å². The van der Waals surface area contributed by atoms with E-state index in [9.17, 15) is 9.59 Å². The molecule has 1 N–H and O–H groups in total. The molecule has 0 saturated carbocycles. The van der Waals surface area contributed by atoms with E-state index in [1.54, 1.807) is 6.92 Å². The predicted octanol–water partition coefficient (Wildman–Crippen LogP) is 2.13. The molecule has 0 spiro atoms. The molecular formula is C16H24N2O3. The average molecular weight is 292 g/mol. The summed E-state index contributed by atoms with van der Waals surface area (Å²) in [6.45, 7) is 6.79. The fourth-order valence-electron chi connectivity index (χ4n) is 1.73. The van der Waals surface area contributed by atoms with Crippen LogP contribution in [0, 0.1) is 5.92 Å². The Balaban J connectivity index is 2.40. The van der Waals surface area contributed by atoms with Crippen LogP contribution in [0.2, 0.25) is 0 Å². The van der Waals surface area contributed by atoms with Crippen molar-refractivity contribution in [2.75, 3.05) is 6.54 Å². The molecule has 1 rings (SSSR count). The summed E-state index contributed by atoms with van der Waals surface area (Å²) in [5, 5.41) is 4.03. The molecule has 0 bridgehead atoms. The average Bonchev–Trinajstić information content (AvgIpc) is 2.47. The van der Waals surface area contributed by atoms with Crippen LogP contribution in [-0.2, 0) is 21.0 Å². The number of rotatable bonds is 9. The Kier molecular flexibility index (Phi) is 7.46. The zero-order valence-corrected chi connectivity index (χ0v) is 12.9. The van der Waals surface area contributed by atoms with Gasteiger partial charge in [-0.05, 0) is 18.4 Å². The second-order valence-electron chi connectivity index (χ2n) is 5.48. The number of hydroxylamine groups is 2. The number of nitrogens with zero attached hydrogens (tertiary/aromatic N) is 1. The molecule has 0 fully saturated rings. The van der Waals surface area contributed by atoms with Crippen LogP contribution in [0.4, 0.5) is 0 Å². The van der Waals surface area contributed by atoms with Gasteiger partial charge < -0.3 is 5.32 Å². The van der Waals surface area contributed by atoms with E-state index in [2.05, 4.69) is 5.32 Å². The Morgan fingerprint density at radius 3 is 2.52 bits per heavy atom. The van der Waals surface area contributed by atoms with Crippen molar-refractivity contribution in [1.82, 2.24) is 10.4 Å². The van der Waals surface area contributed by atoms with Gasteiger partial charge in [-0.25, -0.2) is 5.06 Å². The molecule has 5 heteroatoms. The minimum absolute atomic E-state index is 0.0774. The van der Waals surface area contributed by atoms with Crippen molar-refractivity contribution < 1.29 is 14.4 Å². The van der Waals surface area contributed by atoms with Crippen molar-refractivity contribution in [3.8, 4) is 0 Å². The summed E-state index contributed by atoms with van der Waals surface area (Å²) in [4.78, 5) is 28.3. The Hall–Kier alpha value is -1.88. The number of hydrogen-bond acceptors (Lipinski definition) is 3. The third-order valence-electron chi connectivity index (χ3n) is 2.95. The first-order valence-corrected chi connectivity index (χ1v) is 7.20. The molecule has 0 saturated heterocycles. The molecule has 0 heterocycles. The van der Waals surface area contributed by atoms with Gasteiger partial charge in [-0.2, -0.15) is 0 Å². The number of carbonyl (C=O) groups is 2. The molecule has 1 atom stereocenters. The Labute approximate surface area is 126 Å². The lowest BCUT2D eigenvalue weighted by molar-refractivity contribution is -0.191. The third kappa shape index (κ3) is 6.90. The van der Waals surface area contributed by atoms with Crippen LogP contribution in [-0.4, -0.2) is 30.0 Å². The quantitative estimate of drug-likeness (QED) is 0.560. The summed E-state index contributed by atoms with van der Waals surface area (Å²) in [6.07, 6.45) is 0.837. The maximum atomic E-state index is 11.7. The van der Waals surface area contributed by atoms with E-state index < -0.39 is 0 Å². The van der Waals surface area contributed by atoms with Gasteiger partial charge in [0.2, 0.25) is 12.3 Å². The fourth-order valence-corrected chi connectivity index (χ4v) is 1.73. The molecule has 116 valence electrons. The largest absolute Gasteiger partial charge is 0.356 e. The molecule has 0 aliphatic carbocycles. The predicted molar refractivity (Wildman–Crippen MR) is 81.1 cm³/mol. The van der Waals surface area contributed by atoms with Gasteiger partial charge in [0, 0.05) is 13.0 Å². The van der Waals surface area contributed by atoms with Gasteiger partial charge in [0.1, 0.15) is 6.61 Å². The first-order chi connectivity index (χ1) is 10.0. The zero-order chi connectivity index (χ0) is 15.7. The minimum Gasteiger partial charge on any atom is -0.356 e. The van der Waals surface area contributed by atoms with Gasteiger partial charge in [0.05, 0.1) is 6.04 Å². The van der Waals surface area contributed by atoms with Gasteiger partial charge in [0.15, 0.2) is 0 Å². The number of nitrogens with one attached hydrogen (secondary N) is 1. The van der Waals surface area contributed by atoms with E-state index in [-0.39, 0.29) is 18.4 Å². The van der Waals surface area contributed by atoms with Crippen LogP contribution in [0.3, 0.4) is 0 Å². The molecule has 0 aromatic heterocycles. The SMILES string of the molecule is CC(C)CNC(=O)CC(C)N(C=O)OCc1ccccc1. The van der Waals surface area contributed by atoms with Gasteiger partial charge in [-0.1, -0.05) is 44.2 Å². The van der Waals surface area contributed by atoms with E-state index in [4.69, 9.17) is 4.84 Å². The molecule has 0 aliphatic heterocycles. The highest BCUT2D eigenvalue weighted by atomic mass is 16.7. The van der Waals surface area contributed by atoms with Gasteiger partial charge in [0.25, 0.3) is 0 Å². The van der Waals surface area contributed by atoms with Crippen LogP contribution >= 0.6 is 0 Å².